The number of nitriles is 1. The quantitative estimate of drug-likeness (QED) is 0.515. The van der Waals surface area contributed by atoms with E-state index in [2.05, 4.69) is 11.1 Å². The van der Waals surface area contributed by atoms with Crippen molar-refractivity contribution in [3.8, 4) is 6.07 Å². The zero-order valence-electron chi connectivity index (χ0n) is 5.28. The first kappa shape index (κ1) is 7.58. The Morgan fingerprint density at radius 2 is 2.70 bits per heavy atom. The summed E-state index contributed by atoms with van der Waals surface area (Å²) >= 11 is 3.25. The van der Waals surface area contributed by atoms with Gasteiger partial charge in [0.1, 0.15) is 4.34 Å². The van der Waals surface area contributed by atoms with E-state index >= 15 is 0 Å². The lowest BCUT2D eigenvalue weighted by Gasteiger charge is -1.87. The van der Waals surface area contributed by atoms with Gasteiger partial charge >= 0.3 is 0 Å². The Kier molecular flexibility index (Phi) is 3.27. The van der Waals surface area contributed by atoms with Crippen molar-refractivity contribution in [1.29, 1.82) is 5.26 Å². The molecular weight excluding hydrogens is 164 g/mol. The van der Waals surface area contributed by atoms with Gasteiger partial charge in [-0.2, -0.15) is 5.26 Å². The van der Waals surface area contributed by atoms with Gasteiger partial charge in [-0.25, -0.2) is 4.98 Å². The van der Waals surface area contributed by atoms with Crippen LogP contribution in [0.1, 0.15) is 6.42 Å². The SMILES string of the molecule is N#CCCSc1nccs1. The molecule has 0 saturated heterocycles. The molecule has 0 amide bonds. The summed E-state index contributed by atoms with van der Waals surface area (Å²) in [6.07, 6.45) is 2.38. The highest BCUT2D eigenvalue weighted by Gasteiger charge is 1.93. The van der Waals surface area contributed by atoms with Crippen molar-refractivity contribution in [2.75, 3.05) is 5.75 Å². The predicted molar refractivity (Wildman–Crippen MR) is 43.1 cm³/mol. The van der Waals surface area contributed by atoms with Crippen molar-refractivity contribution < 1.29 is 0 Å². The highest BCUT2D eigenvalue weighted by Crippen LogP contribution is 2.20. The van der Waals surface area contributed by atoms with Crippen molar-refractivity contribution >= 4 is 23.1 Å². The summed E-state index contributed by atoms with van der Waals surface area (Å²) in [6.45, 7) is 0. The Morgan fingerprint density at radius 3 is 3.30 bits per heavy atom. The summed E-state index contributed by atoms with van der Waals surface area (Å²) < 4.78 is 1.05. The van der Waals surface area contributed by atoms with Crippen molar-refractivity contribution in [3.63, 3.8) is 0 Å². The third kappa shape index (κ3) is 2.38. The zero-order chi connectivity index (χ0) is 7.23. The van der Waals surface area contributed by atoms with Crippen LogP contribution in [0.25, 0.3) is 0 Å². The first-order valence-electron chi connectivity index (χ1n) is 2.82. The van der Waals surface area contributed by atoms with Crippen LogP contribution in [0.15, 0.2) is 15.9 Å². The Morgan fingerprint density at radius 1 is 1.80 bits per heavy atom. The average Bonchev–Trinajstić information content (AvgIpc) is 2.41. The van der Waals surface area contributed by atoms with Crippen LogP contribution in [0.4, 0.5) is 0 Å². The topological polar surface area (TPSA) is 36.7 Å². The minimum Gasteiger partial charge on any atom is -0.238 e. The van der Waals surface area contributed by atoms with Crippen LogP contribution in [-0.2, 0) is 0 Å². The van der Waals surface area contributed by atoms with Gasteiger partial charge in [0.25, 0.3) is 0 Å². The number of thiazole rings is 1. The minimum atomic E-state index is 0.601. The number of aromatic nitrogens is 1. The molecule has 10 heavy (non-hydrogen) atoms. The van der Waals surface area contributed by atoms with Crippen LogP contribution in [0, 0.1) is 11.3 Å². The monoisotopic (exact) mass is 170 g/mol. The second-order valence-electron chi connectivity index (χ2n) is 1.55. The fourth-order valence-electron chi connectivity index (χ4n) is 0.466. The van der Waals surface area contributed by atoms with Crippen LogP contribution in [0.5, 0.6) is 0 Å². The van der Waals surface area contributed by atoms with Crippen molar-refractivity contribution in [2.45, 2.75) is 10.8 Å². The van der Waals surface area contributed by atoms with Gasteiger partial charge in [-0.15, -0.1) is 11.3 Å². The van der Waals surface area contributed by atoms with E-state index in [0.717, 1.165) is 10.1 Å². The van der Waals surface area contributed by atoms with E-state index in [4.69, 9.17) is 5.26 Å². The highest BCUT2D eigenvalue weighted by atomic mass is 32.2. The number of rotatable bonds is 3. The fourth-order valence-corrected chi connectivity index (χ4v) is 2.02. The number of thioether (sulfide) groups is 1. The highest BCUT2D eigenvalue weighted by molar-refractivity contribution is 8.01. The van der Waals surface area contributed by atoms with E-state index in [1.54, 1.807) is 29.3 Å². The van der Waals surface area contributed by atoms with Crippen LogP contribution in [0.3, 0.4) is 0 Å². The number of hydrogen-bond donors (Lipinski definition) is 0. The molecule has 4 heteroatoms. The van der Waals surface area contributed by atoms with Gasteiger partial charge in [0.15, 0.2) is 0 Å². The molecule has 1 aromatic rings. The lowest BCUT2D eigenvalue weighted by atomic mass is 10.6. The molecule has 0 spiro atoms. The average molecular weight is 170 g/mol. The molecule has 0 aliphatic heterocycles. The summed E-state index contributed by atoms with van der Waals surface area (Å²) in [4.78, 5) is 4.06. The molecule has 0 aromatic carbocycles. The van der Waals surface area contributed by atoms with Crippen LogP contribution in [0.2, 0.25) is 0 Å². The molecule has 0 bridgehead atoms. The van der Waals surface area contributed by atoms with Gasteiger partial charge < -0.3 is 0 Å². The van der Waals surface area contributed by atoms with E-state index in [1.165, 1.54) is 0 Å². The molecule has 1 aromatic heterocycles. The van der Waals surface area contributed by atoms with Crippen molar-refractivity contribution in [2.24, 2.45) is 0 Å². The molecule has 52 valence electrons. The third-order valence-electron chi connectivity index (χ3n) is 0.849. The first-order chi connectivity index (χ1) is 4.93. The molecule has 0 aliphatic rings. The van der Waals surface area contributed by atoms with Crippen molar-refractivity contribution in [3.05, 3.63) is 11.6 Å². The lowest BCUT2D eigenvalue weighted by Crippen LogP contribution is -1.73. The van der Waals surface area contributed by atoms with Gasteiger partial charge in [0.2, 0.25) is 0 Å². The van der Waals surface area contributed by atoms with Crippen molar-refractivity contribution in [1.82, 2.24) is 4.98 Å². The summed E-state index contributed by atoms with van der Waals surface area (Å²) in [5.74, 6) is 0.851. The molecule has 2 nitrogen and oxygen atoms in total. The number of hydrogen-bond acceptors (Lipinski definition) is 4. The maximum atomic E-state index is 8.21. The predicted octanol–water partition coefficient (Wildman–Crippen LogP) is 2.15. The Labute approximate surface area is 67.9 Å². The summed E-state index contributed by atoms with van der Waals surface area (Å²) in [6, 6.07) is 2.09. The summed E-state index contributed by atoms with van der Waals surface area (Å²) in [7, 11) is 0. The van der Waals surface area contributed by atoms with Gasteiger partial charge in [0.05, 0.1) is 6.07 Å². The Bertz CT molecular complexity index is 212. The third-order valence-corrected chi connectivity index (χ3v) is 2.82. The van der Waals surface area contributed by atoms with E-state index in [0.29, 0.717) is 6.42 Å². The smallest absolute Gasteiger partial charge is 0.149 e. The molecule has 0 N–H and O–H groups in total. The van der Waals surface area contributed by atoms with Gasteiger partial charge in [-0.1, -0.05) is 11.8 Å². The van der Waals surface area contributed by atoms with E-state index in [9.17, 15) is 0 Å². The molecule has 0 aliphatic carbocycles. The van der Waals surface area contributed by atoms with Gasteiger partial charge in [-0.05, 0) is 0 Å². The van der Waals surface area contributed by atoms with Crippen LogP contribution in [-0.4, -0.2) is 10.7 Å². The maximum absolute atomic E-state index is 8.21. The van der Waals surface area contributed by atoms with E-state index < -0.39 is 0 Å². The summed E-state index contributed by atoms with van der Waals surface area (Å²) in [5.41, 5.74) is 0. The molecule has 0 atom stereocenters. The lowest BCUT2D eigenvalue weighted by molar-refractivity contribution is 1.21. The van der Waals surface area contributed by atoms with E-state index in [1.807, 2.05) is 5.38 Å². The normalized spacial score (nSPS) is 9.10. The number of nitrogens with zero attached hydrogens (tertiary/aromatic N) is 2. The van der Waals surface area contributed by atoms with Gasteiger partial charge in [-0.3, -0.25) is 0 Å². The summed E-state index contributed by atoms with van der Waals surface area (Å²) in [5, 5.41) is 10.2. The second kappa shape index (κ2) is 4.31. The molecule has 0 radical (unpaired) electrons. The Balaban J connectivity index is 2.23. The molecule has 0 unspecified atom stereocenters. The maximum Gasteiger partial charge on any atom is 0.149 e. The second-order valence-corrected chi connectivity index (χ2v) is 3.79. The first-order valence-corrected chi connectivity index (χ1v) is 4.69. The molecule has 1 heterocycles. The molecule has 1 rings (SSSR count). The van der Waals surface area contributed by atoms with E-state index in [-0.39, 0.29) is 0 Å². The minimum absolute atomic E-state index is 0.601. The molecule has 0 fully saturated rings. The molecule has 0 saturated carbocycles. The fraction of sp³-hybridized carbons (Fsp3) is 0.333. The zero-order valence-corrected chi connectivity index (χ0v) is 6.91. The van der Waals surface area contributed by atoms with Crippen LogP contribution < -0.4 is 0 Å². The largest absolute Gasteiger partial charge is 0.238 e. The molecular formula is C6H6N2S2. The Hall–Kier alpha value is -0.530. The van der Waals surface area contributed by atoms with Crippen LogP contribution >= 0.6 is 23.1 Å². The standard InChI is InChI=1S/C6H6N2S2/c7-2-1-4-9-6-8-3-5-10-6/h3,5H,1,4H2. The van der Waals surface area contributed by atoms with Gasteiger partial charge in [0, 0.05) is 23.8 Å².